The molecule has 0 saturated heterocycles. The number of hydrogen-bond acceptors (Lipinski definition) is 4. The number of carbonyl (C=O) groups is 1. The van der Waals surface area contributed by atoms with Gasteiger partial charge in [-0.3, -0.25) is 9.78 Å². The molecule has 2 aromatic carbocycles. The molecule has 0 spiro atoms. The van der Waals surface area contributed by atoms with E-state index in [1.807, 2.05) is 0 Å². The van der Waals surface area contributed by atoms with Crippen molar-refractivity contribution in [3.63, 3.8) is 0 Å². The van der Waals surface area contributed by atoms with Gasteiger partial charge < -0.3 is 15.4 Å². The Hall–Kier alpha value is -3.12. The van der Waals surface area contributed by atoms with Gasteiger partial charge in [-0.2, -0.15) is 0 Å². The number of halogens is 2. The third-order valence-electron chi connectivity index (χ3n) is 3.53. The van der Waals surface area contributed by atoms with E-state index in [1.54, 1.807) is 49.6 Å². The minimum Gasteiger partial charge on any atom is -0.497 e. The molecule has 0 unspecified atom stereocenters. The number of hydrogen-bond donors (Lipinski definition) is 2. The Morgan fingerprint density at radius 3 is 2.65 bits per heavy atom. The molecule has 0 aliphatic rings. The molecule has 0 aliphatic carbocycles. The molecule has 0 radical (unpaired) electrons. The van der Waals surface area contributed by atoms with Gasteiger partial charge in [0.15, 0.2) is 0 Å². The van der Waals surface area contributed by atoms with Crippen LogP contribution in [0.15, 0.2) is 60.8 Å². The maximum absolute atomic E-state index is 13.2. The smallest absolute Gasteiger partial charge is 0.274 e. The van der Waals surface area contributed by atoms with Gasteiger partial charge in [-0.15, -0.1) is 0 Å². The normalized spacial score (nSPS) is 10.3. The fraction of sp³-hybridized carbons (Fsp3) is 0.0526. The molecule has 1 amide bonds. The lowest BCUT2D eigenvalue weighted by molar-refractivity contribution is 0.102. The van der Waals surface area contributed by atoms with Crippen LogP contribution in [0.3, 0.4) is 0 Å². The standard InChI is InChI=1S/C19H15ClFN3O2/c1-26-15-4-2-3-12(9-15)24-19(25)18-11-14(7-8-22-18)23-13-5-6-17(21)16(20)10-13/h2-11H,1H3,(H,22,23)(H,24,25). The number of nitrogens with zero attached hydrogens (tertiary/aromatic N) is 1. The van der Waals surface area contributed by atoms with E-state index < -0.39 is 5.82 Å². The van der Waals surface area contributed by atoms with Crippen LogP contribution in [-0.4, -0.2) is 18.0 Å². The zero-order chi connectivity index (χ0) is 18.5. The van der Waals surface area contributed by atoms with E-state index in [0.29, 0.717) is 22.8 Å². The van der Waals surface area contributed by atoms with E-state index in [4.69, 9.17) is 16.3 Å². The van der Waals surface area contributed by atoms with Crippen molar-refractivity contribution >= 4 is 34.6 Å². The van der Waals surface area contributed by atoms with E-state index in [9.17, 15) is 9.18 Å². The van der Waals surface area contributed by atoms with Gasteiger partial charge in [-0.05, 0) is 42.5 Å². The number of aromatic nitrogens is 1. The van der Waals surface area contributed by atoms with E-state index in [2.05, 4.69) is 15.6 Å². The van der Waals surface area contributed by atoms with E-state index >= 15 is 0 Å². The summed E-state index contributed by atoms with van der Waals surface area (Å²) < 4.78 is 18.4. The maximum Gasteiger partial charge on any atom is 0.274 e. The Labute approximate surface area is 154 Å². The van der Waals surface area contributed by atoms with Gasteiger partial charge in [-0.25, -0.2) is 4.39 Å². The molecular weight excluding hydrogens is 357 g/mol. The van der Waals surface area contributed by atoms with E-state index in [-0.39, 0.29) is 16.6 Å². The maximum atomic E-state index is 13.2. The first-order valence-electron chi connectivity index (χ1n) is 7.69. The number of rotatable bonds is 5. The topological polar surface area (TPSA) is 63.2 Å². The van der Waals surface area contributed by atoms with Crippen molar-refractivity contribution in [3.8, 4) is 5.75 Å². The average molecular weight is 372 g/mol. The highest BCUT2D eigenvalue weighted by Crippen LogP contribution is 2.23. The van der Waals surface area contributed by atoms with Crippen molar-refractivity contribution in [2.75, 3.05) is 17.7 Å². The van der Waals surface area contributed by atoms with Crippen LogP contribution in [0.4, 0.5) is 21.5 Å². The predicted octanol–water partition coefficient (Wildman–Crippen LogP) is 4.88. The van der Waals surface area contributed by atoms with Crippen LogP contribution >= 0.6 is 11.6 Å². The molecular formula is C19H15ClFN3O2. The Kier molecular flexibility index (Phi) is 5.34. The Morgan fingerprint density at radius 2 is 1.88 bits per heavy atom. The summed E-state index contributed by atoms with van der Waals surface area (Å²) in [7, 11) is 1.55. The number of pyridine rings is 1. The molecule has 1 heterocycles. The van der Waals surface area contributed by atoms with Crippen LogP contribution in [0, 0.1) is 5.82 Å². The molecule has 0 saturated carbocycles. The monoisotopic (exact) mass is 371 g/mol. The first kappa shape index (κ1) is 17.7. The van der Waals surface area contributed by atoms with Crippen molar-refractivity contribution < 1.29 is 13.9 Å². The summed E-state index contributed by atoms with van der Waals surface area (Å²) in [5, 5.41) is 5.83. The third kappa shape index (κ3) is 4.29. The fourth-order valence-electron chi connectivity index (χ4n) is 2.27. The summed E-state index contributed by atoms with van der Waals surface area (Å²) in [6, 6.07) is 14.6. The average Bonchev–Trinajstić information content (AvgIpc) is 2.65. The van der Waals surface area contributed by atoms with Crippen molar-refractivity contribution in [2.24, 2.45) is 0 Å². The second-order valence-electron chi connectivity index (χ2n) is 5.37. The number of ether oxygens (including phenoxy) is 1. The zero-order valence-electron chi connectivity index (χ0n) is 13.8. The SMILES string of the molecule is COc1cccc(NC(=O)c2cc(Nc3ccc(F)c(Cl)c3)ccn2)c1. The van der Waals surface area contributed by atoms with Gasteiger partial charge in [0, 0.05) is 29.3 Å². The highest BCUT2D eigenvalue weighted by Gasteiger charge is 2.10. The molecule has 7 heteroatoms. The van der Waals surface area contributed by atoms with Gasteiger partial charge in [0.25, 0.3) is 5.91 Å². The number of carbonyl (C=O) groups excluding carboxylic acids is 1. The molecule has 2 N–H and O–H groups in total. The number of anilines is 3. The second-order valence-corrected chi connectivity index (χ2v) is 5.78. The minimum absolute atomic E-state index is 0.0139. The van der Waals surface area contributed by atoms with Gasteiger partial charge in [0.05, 0.1) is 12.1 Å². The zero-order valence-corrected chi connectivity index (χ0v) is 14.5. The lowest BCUT2D eigenvalue weighted by atomic mass is 10.2. The summed E-state index contributed by atoms with van der Waals surface area (Å²) in [5.74, 6) is -0.219. The Balaban J connectivity index is 1.75. The first-order valence-corrected chi connectivity index (χ1v) is 8.06. The van der Waals surface area contributed by atoms with Gasteiger partial charge in [0.2, 0.25) is 0 Å². The summed E-state index contributed by atoms with van der Waals surface area (Å²) in [5.41, 5.74) is 2.05. The van der Waals surface area contributed by atoms with Crippen LogP contribution in [-0.2, 0) is 0 Å². The largest absolute Gasteiger partial charge is 0.497 e. The van der Waals surface area contributed by atoms with Crippen molar-refractivity contribution in [3.05, 3.63) is 77.3 Å². The van der Waals surface area contributed by atoms with Crippen LogP contribution in [0.25, 0.3) is 0 Å². The molecule has 3 rings (SSSR count). The number of amides is 1. The lowest BCUT2D eigenvalue weighted by Crippen LogP contribution is -2.13. The van der Waals surface area contributed by atoms with Gasteiger partial charge >= 0.3 is 0 Å². The number of methoxy groups -OCH3 is 1. The molecule has 3 aromatic rings. The summed E-state index contributed by atoms with van der Waals surface area (Å²) >= 11 is 5.78. The van der Waals surface area contributed by atoms with Crippen LogP contribution in [0.2, 0.25) is 5.02 Å². The lowest BCUT2D eigenvalue weighted by Gasteiger charge is -2.09. The summed E-state index contributed by atoms with van der Waals surface area (Å²) in [6.07, 6.45) is 1.51. The quantitative estimate of drug-likeness (QED) is 0.671. The molecule has 0 aliphatic heterocycles. The molecule has 0 fully saturated rings. The highest BCUT2D eigenvalue weighted by atomic mass is 35.5. The van der Waals surface area contributed by atoms with Crippen molar-refractivity contribution in [1.82, 2.24) is 4.98 Å². The minimum atomic E-state index is -0.495. The number of nitrogens with one attached hydrogen (secondary N) is 2. The number of benzene rings is 2. The molecule has 0 atom stereocenters. The highest BCUT2D eigenvalue weighted by molar-refractivity contribution is 6.31. The molecule has 132 valence electrons. The molecule has 5 nitrogen and oxygen atoms in total. The van der Waals surface area contributed by atoms with E-state index in [1.165, 1.54) is 18.3 Å². The van der Waals surface area contributed by atoms with E-state index in [0.717, 1.165) is 0 Å². The van der Waals surface area contributed by atoms with Crippen molar-refractivity contribution in [1.29, 1.82) is 0 Å². The Morgan fingerprint density at radius 1 is 1.08 bits per heavy atom. The van der Waals surface area contributed by atoms with Crippen LogP contribution in [0.1, 0.15) is 10.5 Å². The molecule has 1 aromatic heterocycles. The summed E-state index contributed by atoms with van der Waals surface area (Å²) in [6.45, 7) is 0. The molecule has 0 bridgehead atoms. The predicted molar refractivity (Wildman–Crippen MR) is 99.9 cm³/mol. The summed E-state index contributed by atoms with van der Waals surface area (Å²) in [4.78, 5) is 16.5. The van der Waals surface area contributed by atoms with Gasteiger partial charge in [-0.1, -0.05) is 17.7 Å². The fourth-order valence-corrected chi connectivity index (χ4v) is 2.45. The van der Waals surface area contributed by atoms with Crippen molar-refractivity contribution in [2.45, 2.75) is 0 Å². The van der Waals surface area contributed by atoms with Crippen LogP contribution in [0.5, 0.6) is 5.75 Å². The Bertz CT molecular complexity index is 950. The second kappa shape index (κ2) is 7.84. The third-order valence-corrected chi connectivity index (χ3v) is 3.82. The molecule has 26 heavy (non-hydrogen) atoms. The van der Waals surface area contributed by atoms with Crippen LogP contribution < -0.4 is 15.4 Å². The van der Waals surface area contributed by atoms with Gasteiger partial charge in [0.1, 0.15) is 17.3 Å². The first-order chi connectivity index (χ1) is 12.5.